The Labute approximate surface area is 122 Å². The number of aryl methyl sites for hydroxylation is 3. The van der Waals surface area contributed by atoms with Gasteiger partial charge in [0.15, 0.2) is 0 Å². The van der Waals surface area contributed by atoms with E-state index in [0.717, 1.165) is 19.4 Å². The van der Waals surface area contributed by atoms with Crippen LogP contribution in [0, 0.1) is 20.8 Å². The number of hydrogen-bond donors (Lipinski definition) is 1. The standard InChI is InChI=1S/C17H26N2O/c1-5-19-16(20)8-6-7-15(18)17(19)14-10-12(3)11(2)9-13(14)4/h9-10,15,17H,5-8,18H2,1-4H3. The molecule has 0 bridgehead atoms. The fourth-order valence-electron chi connectivity index (χ4n) is 3.25. The van der Waals surface area contributed by atoms with E-state index >= 15 is 0 Å². The number of nitrogens with two attached hydrogens (primary N) is 1. The smallest absolute Gasteiger partial charge is 0.223 e. The molecule has 2 unspecified atom stereocenters. The van der Waals surface area contributed by atoms with E-state index in [-0.39, 0.29) is 18.0 Å². The first kappa shape index (κ1) is 15.0. The summed E-state index contributed by atoms with van der Waals surface area (Å²) in [7, 11) is 0. The molecular formula is C17H26N2O. The van der Waals surface area contributed by atoms with Crippen molar-refractivity contribution in [3.8, 4) is 0 Å². The molecule has 1 fully saturated rings. The van der Waals surface area contributed by atoms with Crippen molar-refractivity contribution in [2.45, 2.75) is 59.0 Å². The van der Waals surface area contributed by atoms with E-state index in [1.54, 1.807) is 0 Å². The second kappa shape index (κ2) is 5.96. The Kier molecular flexibility index (Phi) is 4.48. The summed E-state index contributed by atoms with van der Waals surface area (Å²) in [4.78, 5) is 14.3. The van der Waals surface area contributed by atoms with Crippen molar-refractivity contribution in [2.24, 2.45) is 5.73 Å². The molecule has 1 aromatic rings. The molecule has 1 aromatic carbocycles. The lowest BCUT2D eigenvalue weighted by molar-refractivity contribution is -0.133. The van der Waals surface area contributed by atoms with Gasteiger partial charge in [0, 0.05) is 19.0 Å². The number of carbonyl (C=O) groups is 1. The number of hydrogen-bond acceptors (Lipinski definition) is 2. The lowest BCUT2D eigenvalue weighted by Crippen LogP contribution is -2.42. The van der Waals surface area contributed by atoms with Gasteiger partial charge >= 0.3 is 0 Å². The van der Waals surface area contributed by atoms with E-state index < -0.39 is 0 Å². The van der Waals surface area contributed by atoms with Crippen LogP contribution in [0.25, 0.3) is 0 Å². The predicted molar refractivity (Wildman–Crippen MR) is 82.6 cm³/mol. The summed E-state index contributed by atoms with van der Waals surface area (Å²) >= 11 is 0. The predicted octanol–water partition coefficient (Wildman–Crippen LogP) is 3.01. The number of likely N-dealkylation sites (tertiary alicyclic amines) is 1. The molecule has 1 saturated heterocycles. The van der Waals surface area contributed by atoms with Crippen molar-refractivity contribution in [2.75, 3.05) is 6.54 Å². The Morgan fingerprint density at radius 1 is 1.20 bits per heavy atom. The first-order chi connectivity index (χ1) is 9.45. The van der Waals surface area contributed by atoms with Gasteiger partial charge < -0.3 is 10.6 Å². The minimum Gasteiger partial charge on any atom is -0.334 e. The van der Waals surface area contributed by atoms with Crippen molar-refractivity contribution < 1.29 is 4.79 Å². The van der Waals surface area contributed by atoms with Gasteiger partial charge in [0.2, 0.25) is 5.91 Å². The molecule has 1 aliphatic heterocycles. The summed E-state index contributed by atoms with van der Waals surface area (Å²) in [5.41, 5.74) is 11.4. The van der Waals surface area contributed by atoms with Crippen LogP contribution >= 0.6 is 0 Å². The van der Waals surface area contributed by atoms with Crippen LogP contribution in [-0.2, 0) is 4.79 Å². The first-order valence-electron chi connectivity index (χ1n) is 7.58. The number of rotatable bonds is 2. The zero-order valence-corrected chi connectivity index (χ0v) is 13.1. The van der Waals surface area contributed by atoms with Gasteiger partial charge in [0.1, 0.15) is 0 Å². The van der Waals surface area contributed by atoms with Gasteiger partial charge in [-0.15, -0.1) is 0 Å². The number of nitrogens with zero attached hydrogens (tertiary/aromatic N) is 1. The zero-order valence-electron chi connectivity index (χ0n) is 13.1. The third-order valence-electron chi connectivity index (χ3n) is 4.53. The molecule has 1 amide bonds. The summed E-state index contributed by atoms with van der Waals surface area (Å²) in [6.07, 6.45) is 2.44. The van der Waals surface area contributed by atoms with Gasteiger partial charge in [-0.3, -0.25) is 4.79 Å². The third-order valence-corrected chi connectivity index (χ3v) is 4.53. The average molecular weight is 274 g/mol. The maximum absolute atomic E-state index is 12.3. The maximum atomic E-state index is 12.3. The lowest BCUT2D eigenvalue weighted by atomic mass is 9.90. The van der Waals surface area contributed by atoms with E-state index in [1.807, 2.05) is 11.8 Å². The van der Waals surface area contributed by atoms with Crippen LogP contribution in [0.5, 0.6) is 0 Å². The Morgan fingerprint density at radius 2 is 1.85 bits per heavy atom. The molecule has 1 heterocycles. The van der Waals surface area contributed by atoms with E-state index in [1.165, 1.54) is 22.3 Å². The van der Waals surface area contributed by atoms with Gasteiger partial charge in [0.05, 0.1) is 6.04 Å². The third kappa shape index (κ3) is 2.73. The van der Waals surface area contributed by atoms with Crippen LogP contribution < -0.4 is 5.73 Å². The summed E-state index contributed by atoms with van der Waals surface area (Å²) in [6, 6.07) is 4.48. The first-order valence-corrected chi connectivity index (χ1v) is 7.58. The van der Waals surface area contributed by atoms with E-state index in [9.17, 15) is 4.79 Å². The van der Waals surface area contributed by atoms with E-state index in [2.05, 4.69) is 32.9 Å². The topological polar surface area (TPSA) is 46.3 Å². The molecule has 0 aliphatic carbocycles. The number of amides is 1. The van der Waals surface area contributed by atoms with Gasteiger partial charge in [-0.05, 0) is 62.8 Å². The van der Waals surface area contributed by atoms with Crippen LogP contribution in [-0.4, -0.2) is 23.4 Å². The van der Waals surface area contributed by atoms with Crippen molar-refractivity contribution in [1.82, 2.24) is 4.90 Å². The Bertz CT molecular complexity index is 510. The van der Waals surface area contributed by atoms with Crippen LogP contribution in [0.2, 0.25) is 0 Å². The number of likely N-dealkylation sites (N-methyl/N-ethyl adjacent to an activating group) is 1. The van der Waals surface area contributed by atoms with Crippen molar-refractivity contribution >= 4 is 5.91 Å². The Balaban J connectivity index is 2.50. The Morgan fingerprint density at radius 3 is 2.50 bits per heavy atom. The van der Waals surface area contributed by atoms with Crippen molar-refractivity contribution in [1.29, 1.82) is 0 Å². The minimum atomic E-state index is 0.0225. The van der Waals surface area contributed by atoms with Crippen LogP contribution in [0.4, 0.5) is 0 Å². The monoisotopic (exact) mass is 274 g/mol. The molecule has 2 rings (SSSR count). The minimum absolute atomic E-state index is 0.0225. The van der Waals surface area contributed by atoms with Crippen LogP contribution in [0.15, 0.2) is 12.1 Å². The molecule has 0 radical (unpaired) electrons. The molecule has 0 saturated carbocycles. The SMILES string of the molecule is CCN1C(=O)CCCC(N)C1c1cc(C)c(C)cc1C. The second-order valence-electron chi connectivity index (χ2n) is 5.97. The number of benzene rings is 1. The van der Waals surface area contributed by atoms with Gasteiger partial charge in [-0.1, -0.05) is 12.1 Å². The van der Waals surface area contributed by atoms with Gasteiger partial charge in [0.25, 0.3) is 0 Å². The van der Waals surface area contributed by atoms with Crippen molar-refractivity contribution in [3.05, 3.63) is 34.4 Å². The van der Waals surface area contributed by atoms with Crippen LogP contribution in [0.1, 0.15) is 54.5 Å². The average Bonchev–Trinajstić information content (AvgIpc) is 2.53. The highest BCUT2D eigenvalue weighted by atomic mass is 16.2. The molecule has 0 aromatic heterocycles. The van der Waals surface area contributed by atoms with Gasteiger partial charge in [-0.2, -0.15) is 0 Å². The quantitative estimate of drug-likeness (QED) is 0.901. The summed E-state index contributed by atoms with van der Waals surface area (Å²) < 4.78 is 0. The summed E-state index contributed by atoms with van der Waals surface area (Å²) in [5, 5.41) is 0. The largest absolute Gasteiger partial charge is 0.334 e. The molecule has 0 spiro atoms. The van der Waals surface area contributed by atoms with E-state index in [0.29, 0.717) is 6.42 Å². The summed E-state index contributed by atoms with van der Waals surface area (Å²) in [5.74, 6) is 0.239. The molecule has 3 heteroatoms. The molecule has 1 aliphatic rings. The Hall–Kier alpha value is -1.35. The number of carbonyl (C=O) groups excluding carboxylic acids is 1. The normalized spacial score (nSPS) is 23.9. The second-order valence-corrected chi connectivity index (χ2v) is 5.97. The highest BCUT2D eigenvalue weighted by Crippen LogP contribution is 2.33. The highest BCUT2D eigenvalue weighted by molar-refractivity contribution is 5.77. The van der Waals surface area contributed by atoms with Crippen molar-refractivity contribution in [3.63, 3.8) is 0 Å². The zero-order chi connectivity index (χ0) is 14.9. The van der Waals surface area contributed by atoms with Crippen LogP contribution in [0.3, 0.4) is 0 Å². The fraction of sp³-hybridized carbons (Fsp3) is 0.588. The molecular weight excluding hydrogens is 248 g/mol. The van der Waals surface area contributed by atoms with Gasteiger partial charge in [-0.25, -0.2) is 0 Å². The summed E-state index contributed by atoms with van der Waals surface area (Å²) in [6.45, 7) is 9.14. The maximum Gasteiger partial charge on any atom is 0.223 e. The fourth-order valence-corrected chi connectivity index (χ4v) is 3.25. The lowest BCUT2D eigenvalue weighted by Gasteiger charge is -2.34. The molecule has 20 heavy (non-hydrogen) atoms. The van der Waals surface area contributed by atoms with E-state index in [4.69, 9.17) is 5.73 Å². The highest BCUT2D eigenvalue weighted by Gasteiger charge is 2.32. The molecule has 2 N–H and O–H groups in total. The molecule has 110 valence electrons. The molecule has 3 nitrogen and oxygen atoms in total. The molecule has 2 atom stereocenters.